The number of likely N-dealkylation sites (N-methyl/N-ethyl adjacent to an activating group) is 1. The fraction of sp³-hybridized carbons (Fsp3) is 0.273. The van der Waals surface area contributed by atoms with Crippen molar-refractivity contribution in [1.82, 2.24) is 15.2 Å². The molecular weight excluding hydrogens is 322 g/mol. The van der Waals surface area contributed by atoms with E-state index < -0.39 is 0 Å². The summed E-state index contributed by atoms with van der Waals surface area (Å²) in [5, 5.41) is 3.89. The SMILES string of the molecule is Cc1ccc(-c2cc(C(=O)NCCN(C)C)c3ccccc3n2)c(C)c1. The highest BCUT2D eigenvalue weighted by atomic mass is 16.1. The number of hydrogen-bond acceptors (Lipinski definition) is 3. The summed E-state index contributed by atoms with van der Waals surface area (Å²) >= 11 is 0. The van der Waals surface area contributed by atoms with E-state index in [1.54, 1.807) is 0 Å². The second-order valence-corrected chi connectivity index (χ2v) is 6.95. The fourth-order valence-electron chi connectivity index (χ4n) is 3.09. The average Bonchev–Trinajstić information content (AvgIpc) is 2.60. The molecule has 0 radical (unpaired) electrons. The Morgan fingerprint density at radius 2 is 1.85 bits per heavy atom. The minimum Gasteiger partial charge on any atom is -0.351 e. The Bertz CT molecular complexity index is 947. The maximum Gasteiger partial charge on any atom is 0.252 e. The zero-order chi connectivity index (χ0) is 18.7. The van der Waals surface area contributed by atoms with Crippen molar-refractivity contribution < 1.29 is 4.79 Å². The van der Waals surface area contributed by atoms with Crippen LogP contribution in [-0.4, -0.2) is 43.0 Å². The van der Waals surface area contributed by atoms with Gasteiger partial charge in [-0.1, -0.05) is 42.0 Å². The van der Waals surface area contributed by atoms with Gasteiger partial charge in [0, 0.05) is 24.0 Å². The van der Waals surface area contributed by atoms with Crippen molar-refractivity contribution in [2.75, 3.05) is 27.2 Å². The van der Waals surface area contributed by atoms with Crippen LogP contribution in [0.2, 0.25) is 0 Å². The molecule has 2 aromatic carbocycles. The van der Waals surface area contributed by atoms with Crippen LogP contribution in [0.1, 0.15) is 21.5 Å². The Morgan fingerprint density at radius 1 is 1.08 bits per heavy atom. The summed E-state index contributed by atoms with van der Waals surface area (Å²) < 4.78 is 0. The van der Waals surface area contributed by atoms with E-state index in [-0.39, 0.29) is 5.91 Å². The van der Waals surface area contributed by atoms with Crippen LogP contribution in [-0.2, 0) is 0 Å². The van der Waals surface area contributed by atoms with Crippen molar-refractivity contribution >= 4 is 16.8 Å². The van der Waals surface area contributed by atoms with E-state index in [1.165, 1.54) is 5.56 Å². The number of nitrogens with one attached hydrogen (secondary N) is 1. The Balaban J connectivity index is 2.05. The first-order valence-electron chi connectivity index (χ1n) is 8.86. The van der Waals surface area contributed by atoms with Crippen molar-refractivity contribution in [3.8, 4) is 11.3 Å². The van der Waals surface area contributed by atoms with Gasteiger partial charge in [0.05, 0.1) is 16.8 Å². The summed E-state index contributed by atoms with van der Waals surface area (Å²) in [6.45, 7) is 5.57. The van der Waals surface area contributed by atoms with E-state index in [1.807, 2.05) is 49.3 Å². The summed E-state index contributed by atoms with van der Waals surface area (Å²) in [7, 11) is 3.98. The number of fused-ring (bicyclic) bond motifs is 1. The van der Waals surface area contributed by atoms with Crippen LogP contribution < -0.4 is 5.32 Å². The minimum absolute atomic E-state index is 0.0588. The van der Waals surface area contributed by atoms with Gasteiger partial charge in [-0.3, -0.25) is 4.79 Å². The highest BCUT2D eigenvalue weighted by Crippen LogP contribution is 2.27. The summed E-state index contributed by atoms with van der Waals surface area (Å²) in [6, 6.07) is 16.0. The number of amides is 1. The lowest BCUT2D eigenvalue weighted by molar-refractivity contribution is 0.0952. The quantitative estimate of drug-likeness (QED) is 0.763. The van der Waals surface area contributed by atoms with Crippen LogP contribution in [0.5, 0.6) is 0 Å². The molecule has 1 heterocycles. The predicted octanol–water partition coefficient (Wildman–Crippen LogP) is 3.81. The van der Waals surface area contributed by atoms with Gasteiger partial charge in [0.1, 0.15) is 0 Å². The summed E-state index contributed by atoms with van der Waals surface area (Å²) in [6.07, 6.45) is 0. The number of benzene rings is 2. The number of nitrogens with zero attached hydrogens (tertiary/aromatic N) is 2. The Morgan fingerprint density at radius 3 is 2.58 bits per heavy atom. The number of hydrogen-bond donors (Lipinski definition) is 1. The van der Waals surface area contributed by atoms with Gasteiger partial charge in [-0.05, 0) is 45.6 Å². The zero-order valence-corrected chi connectivity index (χ0v) is 15.8. The van der Waals surface area contributed by atoms with Crippen LogP contribution in [0.25, 0.3) is 22.2 Å². The Hall–Kier alpha value is -2.72. The largest absolute Gasteiger partial charge is 0.351 e. The maximum absolute atomic E-state index is 12.8. The predicted molar refractivity (Wildman–Crippen MR) is 108 cm³/mol. The van der Waals surface area contributed by atoms with Crippen LogP contribution in [0.4, 0.5) is 0 Å². The number of para-hydroxylation sites is 1. The monoisotopic (exact) mass is 347 g/mol. The van der Waals surface area contributed by atoms with E-state index >= 15 is 0 Å². The first-order valence-corrected chi connectivity index (χ1v) is 8.86. The van der Waals surface area contributed by atoms with Crippen molar-refractivity contribution in [3.63, 3.8) is 0 Å². The van der Waals surface area contributed by atoms with Gasteiger partial charge >= 0.3 is 0 Å². The molecule has 0 atom stereocenters. The number of rotatable bonds is 5. The second kappa shape index (κ2) is 7.67. The van der Waals surface area contributed by atoms with Gasteiger partial charge in [-0.25, -0.2) is 4.98 Å². The van der Waals surface area contributed by atoms with E-state index in [9.17, 15) is 4.79 Å². The van der Waals surface area contributed by atoms with Gasteiger partial charge in [-0.2, -0.15) is 0 Å². The normalized spacial score (nSPS) is 11.1. The average molecular weight is 347 g/mol. The molecule has 0 bridgehead atoms. The summed E-state index contributed by atoms with van der Waals surface area (Å²) in [4.78, 5) is 19.7. The molecule has 0 saturated heterocycles. The highest BCUT2D eigenvalue weighted by Gasteiger charge is 2.14. The van der Waals surface area contributed by atoms with E-state index in [0.717, 1.165) is 34.3 Å². The molecule has 1 aromatic heterocycles. The number of carbonyl (C=O) groups excluding carboxylic acids is 1. The van der Waals surface area contributed by atoms with Crippen LogP contribution in [0.15, 0.2) is 48.5 Å². The smallest absolute Gasteiger partial charge is 0.252 e. The molecule has 0 unspecified atom stereocenters. The first-order chi connectivity index (χ1) is 12.5. The molecule has 3 rings (SSSR count). The lowest BCUT2D eigenvalue weighted by atomic mass is 9.99. The molecule has 3 aromatic rings. The van der Waals surface area contributed by atoms with Crippen LogP contribution >= 0.6 is 0 Å². The second-order valence-electron chi connectivity index (χ2n) is 6.95. The summed E-state index contributed by atoms with van der Waals surface area (Å²) in [5.41, 5.74) is 5.77. The van der Waals surface area contributed by atoms with Crippen molar-refractivity contribution in [1.29, 1.82) is 0 Å². The zero-order valence-electron chi connectivity index (χ0n) is 15.8. The van der Waals surface area contributed by atoms with Gasteiger partial charge in [-0.15, -0.1) is 0 Å². The van der Waals surface area contributed by atoms with E-state index in [4.69, 9.17) is 4.98 Å². The van der Waals surface area contributed by atoms with Crippen molar-refractivity contribution in [3.05, 3.63) is 65.2 Å². The summed E-state index contributed by atoms with van der Waals surface area (Å²) in [5.74, 6) is -0.0588. The number of pyridine rings is 1. The van der Waals surface area contributed by atoms with Crippen LogP contribution in [0.3, 0.4) is 0 Å². The standard InChI is InChI=1S/C22H25N3O/c1-15-9-10-17(16(2)13-15)21-14-19(22(26)23-11-12-25(3)4)18-7-5-6-8-20(18)24-21/h5-10,13-14H,11-12H2,1-4H3,(H,23,26). The third-order valence-corrected chi connectivity index (χ3v) is 4.46. The van der Waals surface area contributed by atoms with Gasteiger partial charge in [0.25, 0.3) is 5.91 Å². The molecule has 26 heavy (non-hydrogen) atoms. The molecule has 1 N–H and O–H groups in total. The molecule has 4 heteroatoms. The third-order valence-electron chi connectivity index (χ3n) is 4.46. The number of aryl methyl sites for hydroxylation is 2. The van der Waals surface area contributed by atoms with Crippen molar-refractivity contribution in [2.24, 2.45) is 0 Å². The Kier molecular flexibility index (Phi) is 5.33. The highest BCUT2D eigenvalue weighted by molar-refractivity contribution is 6.07. The molecule has 1 amide bonds. The fourth-order valence-corrected chi connectivity index (χ4v) is 3.09. The molecule has 0 aliphatic heterocycles. The van der Waals surface area contributed by atoms with Crippen LogP contribution in [0, 0.1) is 13.8 Å². The maximum atomic E-state index is 12.8. The lowest BCUT2D eigenvalue weighted by Gasteiger charge is -2.13. The topological polar surface area (TPSA) is 45.2 Å². The molecule has 0 saturated carbocycles. The van der Waals surface area contributed by atoms with Gasteiger partial charge < -0.3 is 10.2 Å². The van der Waals surface area contributed by atoms with E-state index in [0.29, 0.717) is 12.1 Å². The molecule has 0 fully saturated rings. The molecular formula is C22H25N3O. The lowest BCUT2D eigenvalue weighted by Crippen LogP contribution is -2.31. The molecule has 0 spiro atoms. The van der Waals surface area contributed by atoms with Gasteiger partial charge in [0.15, 0.2) is 0 Å². The van der Waals surface area contributed by atoms with Gasteiger partial charge in [0.2, 0.25) is 0 Å². The molecule has 0 aliphatic rings. The number of carbonyl (C=O) groups is 1. The molecule has 4 nitrogen and oxygen atoms in total. The first kappa shape index (κ1) is 18.1. The van der Waals surface area contributed by atoms with Crippen molar-refractivity contribution in [2.45, 2.75) is 13.8 Å². The minimum atomic E-state index is -0.0588. The molecule has 0 aliphatic carbocycles. The molecule has 134 valence electrons. The van der Waals surface area contributed by atoms with E-state index in [2.05, 4.69) is 37.4 Å². The third kappa shape index (κ3) is 3.92. The Labute approximate surface area is 154 Å². The number of aromatic nitrogens is 1.